The lowest BCUT2D eigenvalue weighted by Gasteiger charge is -2.32. The first-order chi connectivity index (χ1) is 13.1. The zero-order valence-electron chi connectivity index (χ0n) is 16.4. The van der Waals surface area contributed by atoms with Crippen molar-refractivity contribution >= 4 is 10.9 Å². The Bertz CT molecular complexity index is 717. The van der Waals surface area contributed by atoms with Gasteiger partial charge in [-0.25, -0.2) is 0 Å². The molecule has 0 amide bonds. The summed E-state index contributed by atoms with van der Waals surface area (Å²) in [5.74, 6) is 0.762. The maximum atomic E-state index is 10.0. The number of H-pyrrole nitrogens is 1. The molecule has 1 fully saturated rings. The number of benzene rings is 1. The van der Waals surface area contributed by atoms with Crippen molar-refractivity contribution in [2.24, 2.45) is 0 Å². The van der Waals surface area contributed by atoms with Crippen LogP contribution < -0.4 is 4.74 Å². The van der Waals surface area contributed by atoms with Gasteiger partial charge in [-0.2, -0.15) is 0 Å². The minimum Gasteiger partial charge on any atom is -0.464 e. The number of aliphatic hydroxyl groups excluding tert-OH is 2. The molecule has 6 heteroatoms. The Balaban J connectivity index is 1.76. The van der Waals surface area contributed by atoms with Gasteiger partial charge in [0.05, 0.1) is 18.8 Å². The van der Waals surface area contributed by atoms with Crippen molar-refractivity contribution in [3.8, 4) is 5.75 Å². The third kappa shape index (κ3) is 5.02. The lowest BCUT2D eigenvalue weighted by Crippen LogP contribution is -2.40. The number of ether oxygens (including phenoxy) is 2. The minimum atomic E-state index is -0.550. The average Bonchev–Trinajstić information content (AvgIpc) is 3.09. The van der Waals surface area contributed by atoms with Crippen LogP contribution in [0, 0.1) is 0 Å². The highest BCUT2D eigenvalue weighted by atomic mass is 16.7. The highest BCUT2D eigenvalue weighted by Crippen LogP contribution is 2.32. The van der Waals surface area contributed by atoms with Gasteiger partial charge in [-0.15, -0.1) is 0 Å². The molecule has 6 nitrogen and oxygen atoms in total. The molecular formula is C21H32N2O4. The Morgan fingerprint density at radius 3 is 2.85 bits per heavy atom. The fourth-order valence-corrected chi connectivity index (χ4v) is 3.82. The van der Waals surface area contributed by atoms with Crippen LogP contribution >= 0.6 is 0 Å². The maximum absolute atomic E-state index is 10.0. The van der Waals surface area contributed by atoms with Crippen molar-refractivity contribution < 1.29 is 19.7 Å². The molecule has 1 aliphatic heterocycles. The van der Waals surface area contributed by atoms with Gasteiger partial charge in [0.25, 0.3) is 0 Å². The molecule has 3 N–H and O–H groups in total. The molecule has 2 heterocycles. The molecule has 3 atom stereocenters. The first-order valence-electron chi connectivity index (χ1n) is 10.1. The number of fused-ring (bicyclic) bond motifs is 1. The zero-order valence-corrected chi connectivity index (χ0v) is 16.4. The number of aliphatic hydroxyl groups is 2. The summed E-state index contributed by atoms with van der Waals surface area (Å²) in [7, 11) is 0. The molecule has 1 aliphatic rings. The van der Waals surface area contributed by atoms with E-state index in [0.717, 1.165) is 49.1 Å². The van der Waals surface area contributed by atoms with Crippen LogP contribution in [-0.2, 0) is 11.2 Å². The summed E-state index contributed by atoms with van der Waals surface area (Å²) < 4.78 is 11.9. The molecule has 150 valence electrons. The summed E-state index contributed by atoms with van der Waals surface area (Å²) >= 11 is 0. The molecule has 0 radical (unpaired) electrons. The number of likely N-dealkylation sites (N-methyl/N-ethyl adjacent to an activating group) is 1. The molecule has 2 aromatic rings. The summed E-state index contributed by atoms with van der Waals surface area (Å²) in [5.41, 5.74) is 2.27. The molecule has 1 saturated heterocycles. The highest BCUT2D eigenvalue weighted by Gasteiger charge is 2.29. The second kappa shape index (κ2) is 9.55. The second-order valence-electron chi connectivity index (χ2n) is 7.29. The summed E-state index contributed by atoms with van der Waals surface area (Å²) in [5, 5.41) is 20.5. The Hall–Kier alpha value is -1.60. The first-order valence-corrected chi connectivity index (χ1v) is 10.1. The van der Waals surface area contributed by atoms with Gasteiger partial charge in [-0.3, -0.25) is 0 Å². The fourth-order valence-electron chi connectivity index (χ4n) is 3.82. The Labute approximate surface area is 161 Å². The van der Waals surface area contributed by atoms with Gasteiger partial charge >= 0.3 is 0 Å². The summed E-state index contributed by atoms with van der Waals surface area (Å²) in [6.45, 7) is 7.47. The lowest BCUT2D eigenvalue weighted by molar-refractivity contribution is -0.184. The SMILES string of the molecule is CCCN(CC)CCc1c[nH]c2cccc(OC3CC(O)CC(CO)O3)c12. The molecule has 3 unspecified atom stereocenters. The van der Waals surface area contributed by atoms with E-state index in [9.17, 15) is 10.2 Å². The summed E-state index contributed by atoms with van der Waals surface area (Å²) in [6.07, 6.45) is 3.57. The van der Waals surface area contributed by atoms with Gasteiger partial charge in [0.1, 0.15) is 5.75 Å². The number of hydrogen-bond donors (Lipinski definition) is 3. The van der Waals surface area contributed by atoms with E-state index in [1.54, 1.807) is 0 Å². The number of aromatic nitrogens is 1. The van der Waals surface area contributed by atoms with Crippen LogP contribution in [0.4, 0.5) is 0 Å². The molecule has 0 saturated carbocycles. The zero-order chi connectivity index (χ0) is 19.2. The van der Waals surface area contributed by atoms with Crippen molar-refractivity contribution in [2.45, 2.75) is 58.0 Å². The largest absolute Gasteiger partial charge is 0.464 e. The maximum Gasteiger partial charge on any atom is 0.202 e. The van der Waals surface area contributed by atoms with E-state index < -0.39 is 12.4 Å². The molecule has 0 bridgehead atoms. The normalized spacial score (nSPS) is 23.2. The summed E-state index contributed by atoms with van der Waals surface area (Å²) in [4.78, 5) is 5.79. The van der Waals surface area contributed by atoms with Crippen molar-refractivity contribution in [1.29, 1.82) is 0 Å². The molecular weight excluding hydrogens is 344 g/mol. The lowest BCUT2D eigenvalue weighted by atomic mass is 10.1. The van der Waals surface area contributed by atoms with Crippen LogP contribution in [0.5, 0.6) is 5.75 Å². The molecule has 0 spiro atoms. The Morgan fingerprint density at radius 2 is 2.11 bits per heavy atom. The van der Waals surface area contributed by atoms with E-state index in [1.165, 1.54) is 5.56 Å². The summed E-state index contributed by atoms with van der Waals surface area (Å²) in [6, 6.07) is 5.94. The topological polar surface area (TPSA) is 78.0 Å². The van der Waals surface area contributed by atoms with E-state index in [-0.39, 0.29) is 12.7 Å². The standard InChI is InChI=1S/C21H32N2O4/c1-3-9-23(4-2)10-8-15-13-22-18-6-5-7-19(21(15)18)27-20-12-16(25)11-17(14-24)26-20/h5-7,13,16-17,20,22,24-25H,3-4,8-12,14H2,1-2H3. The number of nitrogens with zero attached hydrogens (tertiary/aromatic N) is 1. The molecule has 3 rings (SSSR count). The predicted molar refractivity (Wildman–Crippen MR) is 106 cm³/mol. The highest BCUT2D eigenvalue weighted by molar-refractivity contribution is 5.89. The quantitative estimate of drug-likeness (QED) is 0.627. The minimum absolute atomic E-state index is 0.110. The number of nitrogens with one attached hydrogen (secondary N) is 1. The van der Waals surface area contributed by atoms with E-state index in [4.69, 9.17) is 9.47 Å². The van der Waals surface area contributed by atoms with E-state index in [2.05, 4.69) is 29.9 Å². The van der Waals surface area contributed by atoms with Gasteiger partial charge in [-0.05, 0) is 43.6 Å². The third-order valence-electron chi connectivity index (χ3n) is 5.24. The van der Waals surface area contributed by atoms with Crippen LogP contribution in [-0.4, -0.2) is 64.8 Å². The van der Waals surface area contributed by atoms with Crippen molar-refractivity contribution in [1.82, 2.24) is 9.88 Å². The van der Waals surface area contributed by atoms with Gasteiger partial charge < -0.3 is 29.6 Å². The van der Waals surface area contributed by atoms with Crippen LogP contribution in [0.2, 0.25) is 0 Å². The number of aromatic amines is 1. The molecule has 1 aromatic carbocycles. The van der Waals surface area contributed by atoms with E-state index in [1.807, 2.05) is 18.2 Å². The van der Waals surface area contributed by atoms with Gasteiger partial charge in [0.2, 0.25) is 6.29 Å². The van der Waals surface area contributed by atoms with Gasteiger partial charge in [0, 0.05) is 36.5 Å². The van der Waals surface area contributed by atoms with Crippen molar-refractivity contribution in [3.63, 3.8) is 0 Å². The fraction of sp³-hybridized carbons (Fsp3) is 0.619. The molecule has 1 aromatic heterocycles. The molecule has 27 heavy (non-hydrogen) atoms. The predicted octanol–water partition coefficient (Wildman–Crippen LogP) is 2.68. The second-order valence-corrected chi connectivity index (χ2v) is 7.29. The van der Waals surface area contributed by atoms with Crippen molar-refractivity contribution in [3.05, 3.63) is 30.0 Å². The Morgan fingerprint density at radius 1 is 1.26 bits per heavy atom. The van der Waals surface area contributed by atoms with Crippen LogP contribution in [0.3, 0.4) is 0 Å². The number of rotatable bonds is 9. The molecule has 0 aliphatic carbocycles. The smallest absolute Gasteiger partial charge is 0.202 e. The monoisotopic (exact) mass is 376 g/mol. The third-order valence-corrected chi connectivity index (χ3v) is 5.24. The van der Waals surface area contributed by atoms with E-state index >= 15 is 0 Å². The average molecular weight is 376 g/mol. The van der Waals surface area contributed by atoms with Gasteiger partial charge in [-0.1, -0.05) is 19.9 Å². The number of hydrogen-bond acceptors (Lipinski definition) is 5. The van der Waals surface area contributed by atoms with Crippen molar-refractivity contribution in [2.75, 3.05) is 26.2 Å². The first kappa shape index (κ1) is 20.1. The van der Waals surface area contributed by atoms with Gasteiger partial charge in [0.15, 0.2) is 0 Å². The Kier molecular flexibility index (Phi) is 7.13. The van der Waals surface area contributed by atoms with Crippen LogP contribution in [0.15, 0.2) is 24.4 Å². The van der Waals surface area contributed by atoms with Crippen LogP contribution in [0.25, 0.3) is 10.9 Å². The van der Waals surface area contributed by atoms with E-state index in [0.29, 0.717) is 12.8 Å². The van der Waals surface area contributed by atoms with Crippen LogP contribution in [0.1, 0.15) is 38.7 Å².